The van der Waals surface area contributed by atoms with Crippen LogP contribution in [0.3, 0.4) is 0 Å². The van der Waals surface area contributed by atoms with Crippen LogP contribution in [0.2, 0.25) is 0 Å². The van der Waals surface area contributed by atoms with E-state index in [2.05, 4.69) is 43.0 Å². The van der Waals surface area contributed by atoms with Gasteiger partial charge in [-0.05, 0) is 48.2 Å². The molecule has 1 aromatic heterocycles. The summed E-state index contributed by atoms with van der Waals surface area (Å²) < 4.78 is 0.886. The van der Waals surface area contributed by atoms with Gasteiger partial charge in [0.25, 0.3) is 0 Å². The van der Waals surface area contributed by atoms with Crippen molar-refractivity contribution >= 4 is 21.7 Å². The number of anilines is 1. The fraction of sp³-hybridized carbons (Fsp3) is 0.733. The van der Waals surface area contributed by atoms with E-state index in [0.717, 1.165) is 29.1 Å². The zero-order valence-corrected chi connectivity index (χ0v) is 13.7. The Bertz CT molecular complexity index is 465. The van der Waals surface area contributed by atoms with Crippen molar-refractivity contribution in [3.63, 3.8) is 0 Å². The van der Waals surface area contributed by atoms with Crippen LogP contribution in [0.5, 0.6) is 0 Å². The van der Waals surface area contributed by atoms with Gasteiger partial charge < -0.3 is 5.32 Å². The van der Waals surface area contributed by atoms with Crippen LogP contribution in [-0.4, -0.2) is 40.0 Å². The predicted octanol–water partition coefficient (Wildman–Crippen LogP) is 3.23. The molecule has 0 aliphatic carbocycles. The summed E-state index contributed by atoms with van der Waals surface area (Å²) in [6.07, 6.45) is 7.31. The normalized spacial score (nSPS) is 26.5. The average Bonchev–Trinajstić information content (AvgIpc) is 2.82. The van der Waals surface area contributed by atoms with Crippen molar-refractivity contribution in [1.29, 1.82) is 0 Å². The predicted molar refractivity (Wildman–Crippen MR) is 85.0 cm³/mol. The van der Waals surface area contributed by atoms with E-state index in [1.807, 2.05) is 6.07 Å². The molecule has 110 valence electrons. The molecule has 2 saturated heterocycles. The van der Waals surface area contributed by atoms with E-state index in [1.54, 1.807) is 0 Å². The van der Waals surface area contributed by atoms with Gasteiger partial charge in [-0.15, -0.1) is 0 Å². The Morgan fingerprint density at radius 2 is 2.20 bits per heavy atom. The number of aryl methyl sites for hydroxylation is 1. The van der Waals surface area contributed by atoms with Crippen LogP contribution in [0, 0.1) is 0 Å². The molecule has 2 aliphatic heterocycles. The molecule has 0 amide bonds. The minimum absolute atomic E-state index is 0.548. The van der Waals surface area contributed by atoms with Crippen molar-refractivity contribution in [3.05, 3.63) is 16.5 Å². The maximum Gasteiger partial charge on any atom is 0.132 e. The van der Waals surface area contributed by atoms with Gasteiger partial charge in [0, 0.05) is 31.1 Å². The van der Waals surface area contributed by atoms with Crippen molar-refractivity contribution in [1.82, 2.24) is 14.9 Å². The van der Waals surface area contributed by atoms with Crippen molar-refractivity contribution in [2.45, 2.75) is 57.5 Å². The van der Waals surface area contributed by atoms with Crippen molar-refractivity contribution in [2.75, 3.05) is 18.4 Å². The summed E-state index contributed by atoms with van der Waals surface area (Å²) in [5.41, 5.74) is 0. The van der Waals surface area contributed by atoms with Gasteiger partial charge in [-0.25, -0.2) is 9.97 Å². The molecule has 4 nitrogen and oxygen atoms in total. The fourth-order valence-electron chi connectivity index (χ4n) is 3.48. The molecule has 0 spiro atoms. The molecular formula is C15H23BrN4. The third kappa shape index (κ3) is 3.14. The van der Waals surface area contributed by atoms with Crippen molar-refractivity contribution in [2.24, 2.45) is 0 Å². The number of hydrogen-bond donors (Lipinski definition) is 1. The van der Waals surface area contributed by atoms with Crippen LogP contribution in [-0.2, 0) is 6.42 Å². The van der Waals surface area contributed by atoms with Gasteiger partial charge in [0.05, 0.1) is 0 Å². The molecule has 2 fully saturated rings. The first-order valence-corrected chi connectivity index (χ1v) is 8.59. The Morgan fingerprint density at radius 3 is 3.05 bits per heavy atom. The highest BCUT2D eigenvalue weighted by Gasteiger charge is 2.35. The summed E-state index contributed by atoms with van der Waals surface area (Å²) >= 11 is 3.50. The van der Waals surface area contributed by atoms with Gasteiger partial charge in [0.1, 0.15) is 16.2 Å². The summed E-state index contributed by atoms with van der Waals surface area (Å²) in [6.45, 7) is 4.67. The van der Waals surface area contributed by atoms with E-state index in [1.165, 1.54) is 38.8 Å². The van der Waals surface area contributed by atoms with Gasteiger partial charge in [0.15, 0.2) is 0 Å². The largest absolute Gasteiger partial charge is 0.366 e. The van der Waals surface area contributed by atoms with Crippen LogP contribution >= 0.6 is 15.9 Å². The Labute approximate surface area is 129 Å². The lowest BCUT2D eigenvalue weighted by Crippen LogP contribution is -2.41. The first kappa shape index (κ1) is 14.3. The second kappa shape index (κ2) is 6.39. The van der Waals surface area contributed by atoms with Crippen LogP contribution in [0.25, 0.3) is 0 Å². The third-order valence-corrected chi connectivity index (χ3v) is 4.81. The molecule has 0 saturated carbocycles. The van der Waals surface area contributed by atoms with Crippen LogP contribution < -0.4 is 5.32 Å². The quantitative estimate of drug-likeness (QED) is 0.855. The number of rotatable bonds is 4. The molecule has 1 aromatic rings. The molecule has 0 aromatic carbocycles. The maximum absolute atomic E-state index is 4.65. The molecular weight excluding hydrogens is 316 g/mol. The molecule has 20 heavy (non-hydrogen) atoms. The lowest BCUT2D eigenvalue weighted by atomic mass is 9.99. The van der Waals surface area contributed by atoms with Gasteiger partial charge in [-0.1, -0.05) is 13.3 Å². The van der Waals surface area contributed by atoms with Crippen LogP contribution in [0.1, 0.15) is 44.9 Å². The molecule has 1 N–H and O–H groups in total. The standard InChI is InChI=1S/C15H23BrN4/c1-2-5-14-18-13(16)10-15(19-14)17-11-7-9-20-8-4-3-6-12(11)20/h10-12H,2-9H2,1H3,(H,17,18,19). The minimum atomic E-state index is 0.548. The van der Waals surface area contributed by atoms with Gasteiger partial charge in [-0.3, -0.25) is 4.90 Å². The van der Waals surface area contributed by atoms with E-state index in [9.17, 15) is 0 Å². The Hall–Kier alpha value is -0.680. The first-order chi connectivity index (χ1) is 9.76. The Balaban J connectivity index is 1.71. The van der Waals surface area contributed by atoms with Crippen LogP contribution in [0.4, 0.5) is 5.82 Å². The molecule has 3 rings (SSSR count). The molecule has 2 aliphatic rings. The van der Waals surface area contributed by atoms with Gasteiger partial charge in [0.2, 0.25) is 0 Å². The highest BCUT2D eigenvalue weighted by molar-refractivity contribution is 9.10. The zero-order chi connectivity index (χ0) is 13.9. The van der Waals surface area contributed by atoms with Crippen molar-refractivity contribution in [3.8, 4) is 0 Å². The molecule has 3 heterocycles. The monoisotopic (exact) mass is 338 g/mol. The Morgan fingerprint density at radius 1 is 1.30 bits per heavy atom. The fourth-order valence-corrected chi connectivity index (χ4v) is 3.90. The van der Waals surface area contributed by atoms with E-state index in [4.69, 9.17) is 0 Å². The van der Waals surface area contributed by atoms with Crippen molar-refractivity contribution < 1.29 is 0 Å². The lowest BCUT2D eigenvalue weighted by Gasteiger charge is -2.32. The van der Waals surface area contributed by atoms with Gasteiger partial charge >= 0.3 is 0 Å². The number of fused-ring (bicyclic) bond motifs is 1. The molecule has 2 atom stereocenters. The molecule has 5 heteroatoms. The lowest BCUT2D eigenvalue weighted by molar-refractivity contribution is 0.192. The summed E-state index contributed by atoms with van der Waals surface area (Å²) in [5.74, 6) is 1.91. The molecule has 2 unspecified atom stereocenters. The number of aromatic nitrogens is 2. The average molecular weight is 339 g/mol. The van der Waals surface area contributed by atoms with Crippen LogP contribution in [0.15, 0.2) is 10.7 Å². The van der Waals surface area contributed by atoms with Gasteiger partial charge in [-0.2, -0.15) is 0 Å². The summed E-state index contributed by atoms with van der Waals surface area (Å²) in [7, 11) is 0. The summed E-state index contributed by atoms with van der Waals surface area (Å²) in [6, 6.07) is 3.25. The number of hydrogen-bond acceptors (Lipinski definition) is 4. The minimum Gasteiger partial charge on any atom is -0.366 e. The highest BCUT2D eigenvalue weighted by atomic mass is 79.9. The Kier molecular flexibility index (Phi) is 4.56. The zero-order valence-electron chi connectivity index (χ0n) is 12.1. The number of nitrogens with zero attached hydrogens (tertiary/aromatic N) is 3. The third-order valence-electron chi connectivity index (χ3n) is 4.40. The van der Waals surface area contributed by atoms with E-state index in [-0.39, 0.29) is 0 Å². The molecule has 0 bridgehead atoms. The highest BCUT2D eigenvalue weighted by Crippen LogP contribution is 2.29. The maximum atomic E-state index is 4.65. The second-order valence-electron chi connectivity index (χ2n) is 5.88. The second-order valence-corrected chi connectivity index (χ2v) is 6.69. The number of piperidine rings is 1. The van der Waals surface area contributed by atoms with E-state index < -0.39 is 0 Å². The van der Waals surface area contributed by atoms with E-state index >= 15 is 0 Å². The SMILES string of the molecule is CCCc1nc(Br)cc(NC2CCN3CCCCC23)n1. The topological polar surface area (TPSA) is 41.1 Å². The number of halogens is 1. The summed E-state index contributed by atoms with van der Waals surface area (Å²) in [4.78, 5) is 11.7. The number of nitrogens with one attached hydrogen (secondary N) is 1. The summed E-state index contributed by atoms with van der Waals surface area (Å²) in [5, 5.41) is 3.66. The molecule has 0 radical (unpaired) electrons. The first-order valence-electron chi connectivity index (χ1n) is 7.80. The smallest absolute Gasteiger partial charge is 0.132 e. The van der Waals surface area contributed by atoms with E-state index in [0.29, 0.717) is 12.1 Å².